The summed E-state index contributed by atoms with van der Waals surface area (Å²) in [6.07, 6.45) is 0.847. The summed E-state index contributed by atoms with van der Waals surface area (Å²) in [5.41, 5.74) is 0.338. The minimum atomic E-state index is -0.353. The van der Waals surface area contributed by atoms with Gasteiger partial charge < -0.3 is 4.74 Å². The zero-order valence-corrected chi connectivity index (χ0v) is 11.6. The van der Waals surface area contributed by atoms with Crippen molar-refractivity contribution in [2.75, 3.05) is 13.3 Å². The van der Waals surface area contributed by atoms with Gasteiger partial charge in [-0.25, -0.2) is 4.39 Å². The zero-order chi connectivity index (χ0) is 12.6. The molecule has 0 saturated carbocycles. The van der Waals surface area contributed by atoms with Crippen LogP contribution in [-0.4, -0.2) is 19.4 Å². The Hall–Kier alpha value is -0.110. The van der Waals surface area contributed by atoms with E-state index in [1.54, 1.807) is 0 Å². The summed E-state index contributed by atoms with van der Waals surface area (Å²) < 4.78 is 18.7. The first-order chi connectivity index (χ1) is 7.18. The maximum absolute atomic E-state index is 13.1. The van der Waals surface area contributed by atoms with Crippen molar-refractivity contribution in [3.8, 4) is 0 Å². The van der Waals surface area contributed by atoms with Crippen LogP contribution in [0.2, 0.25) is 0 Å². The molecule has 0 aromatic carbocycles. The minimum absolute atomic E-state index is 0.106. The Balaban J connectivity index is 2.97. The number of halogens is 1. The van der Waals surface area contributed by atoms with Gasteiger partial charge >= 0.3 is 0 Å². The van der Waals surface area contributed by atoms with Gasteiger partial charge in [-0.05, 0) is 29.1 Å². The normalized spacial score (nSPS) is 32.8. The van der Waals surface area contributed by atoms with E-state index in [1.165, 1.54) is 0 Å². The maximum Gasteiger partial charge on any atom is 0.116 e. The molecule has 0 spiro atoms. The van der Waals surface area contributed by atoms with E-state index in [-0.39, 0.29) is 23.6 Å². The third-order valence-electron chi connectivity index (χ3n) is 3.86. The summed E-state index contributed by atoms with van der Waals surface area (Å²) >= 11 is 0. The first-order valence-corrected chi connectivity index (χ1v) is 6.35. The van der Waals surface area contributed by atoms with Gasteiger partial charge in [0.1, 0.15) is 6.67 Å². The Bertz CT molecular complexity index is 224. The van der Waals surface area contributed by atoms with Crippen LogP contribution in [0.25, 0.3) is 0 Å². The molecular formula is C14H27FO. The molecule has 0 aromatic heterocycles. The molecule has 0 aromatic rings. The summed E-state index contributed by atoms with van der Waals surface area (Å²) in [5.74, 6) is 0.855. The van der Waals surface area contributed by atoms with Crippen molar-refractivity contribution >= 4 is 0 Å². The Morgan fingerprint density at radius 2 is 1.62 bits per heavy atom. The van der Waals surface area contributed by atoms with Gasteiger partial charge in [-0.2, -0.15) is 0 Å². The van der Waals surface area contributed by atoms with Crippen LogP contribution in [0.1, 0.15) is 48.0 Å². The summed E-state index contributed by atoms with van der Waals surface area (Å²) in [6, 6.07) is 0. The summed E-state index contributed by atoms with van der Waals surface area (Å²) in [4.78, 5) is 0. The average molecular weight is 230 g/mol. The molecule has 1 rings (SSSR count). The van der Waals surface area contributed by atoms with Crippen molar-refractivity contribution in [2.45, 2.75) is 54.1 Å². The molecule has 0 radical (unpaired) electrons. The van der Waals surface area contributed by atoms with Gasteiger partial charge in [0, 0.05) is 6.61 Å². The van der Waals surface area contributed by atoms with Gasteiger partial charge in [-0.1, -0.05) is 41.5 Å². The first kappa shape index (κ1) is 14.0. The van der Waals surface area contributed by atoms with Gasteiger partial charge in [-0.15, -0.1) is 0 Å². The smallest absolute Gasteiger partial charge is 0.116 e. The Morgan fingerprint density at radius 3 is 2.00 bits per heavy atom. The summed E-state index contributed by atoms with van der Waals surface area (Å²) in [5, 5.41) is 0. The van der Waals surface area contributed by atoms with E-state index in [0.29, 0.717) is 18.4 Å². The Morgan fingerprint density at radius 1 is 1.06 bits per heavy atom. The molecule has 16 heavy (non-hydrogen) atoms. The lowest BCUT2D eigenvalue weighted by atomic mass is 9.60. The highest BCUT2D eigenvalue weighted by molar-refractivity contribution is 4.93. The highest BCUT2D eigenvalue weighted by Crippen LogP contribution is 2.47. The van der Waals surface area contributed by atoms with E-state index < -0.39 is 0 Å². The van der Waals surface area contributed by atoms with E-state index in [4.69, 9.17) is 4.74 Å². The lowest BCUT2D eigenvalue weighted by Gasteiger charge is -2.49. The molecule has 0 aliphatic carbocycles. The van der Waals surface area contributed by atoms with Gasteiger partial charge in [0.15, 0.2) is 0 Å². The number of hydrogen-bond acceptors (Lipinski definition) is 1. The van der Waals surface area contributed by atoms with Crippen molar-refractivity contribution in [3.63, 3.8) is 0 Å². The fourth-order valence-corrected chi connectivity index (χ4v) is 3.16. The Labute approximate surface area is 99.8 Å². The molecular weight excluding hydrogens is 203 g/mol. The van der Waals surface area contributed by atoms with Crippen molar-refractivity contribution in [2.24, 2.45) is 22.7 Å². The average Bonchev–Trinajstić information content (AvgIpc) is 2.13. The molecule has 1 fully saturated rings. The predicted octanol–water partition coefficient (Wildman–Crippen LogP) is 4.07. The van der Waals surface area contributed by atoms with Crippen molar-refractivity contribution in [3.05, 3.63) is 0 Å². The molecule has 2 heteroatoms. The fourth-order valence-electron chi connectivity index (χ4n) is 3.16. The van der Waals surface area contributed by atoms with E-state index in [2.05, 4.69) is 41.5 Å². The molecule has 0 bridgehead atoms. The summed E-state index contributed by atoms with van der Waals surface area (Å²) in [7, 11) is 0. The highest BCUT2D eigenvalue weighted by atomic mass is 19.1. The molecule has 1 aliphatic rings. The lowest BCUT2D eigenvalue weighted by molar-refractivity contribution is -0.128. The van der Waals surface area contributed by atoms with E-state index in [9.17, 15) is 4.39 Å². The second-order valence-electron chi connectivity index (χ2n) is 7.22. The van der Waals surface area contributed by atoms with Crippen LogP contribution in [0, 0.1) is 22.7 Å². The van der Waals surface area contributed by atoms with Crippen molar-refractivity contribution < 1.29 is 9.13 Å². The van der Waals surface area contributed by atoms with Crippen LogP contribution in [0.4, 0.5) is 4.39 Å². The quantitative estimate of drug-likeness (QED) is 0.660. The maximum atomic E-state index is 13.1. The largest absolute Gasteiger partial charge is 0.375 e. The van der Waals surface area contributed by atoms with Crippen molar-refractivity contribution in [1.82, 2.24) is 0 Å². The third-order valence-corrected chi connectivity index (χ3v) is 3.86. The van der Waals surface area contributed by atoms with Crippen LogP contribution in [0.5, 0.6) is 0 Å². The number of rotatable bonds is 1. The fraction of sp³-hybridized carbons (Fsp3) is 1.00. The molecule has 1 nitrogen and oxygen atoms in total. The van der Waals surface area contributed by atoms with Crippen LogP contribution in [-0.2, 0) is 4.74 Å². The first-order valence-electron chi connectivity index (χ1n) is 6.35. The van der Waals surface area contributed by atoms with Crippen LogP contribution in [0.3, 0.4) is 0 Å². The molecule has 1 heterocycles. The third kappa shape index (κ3) is 2.97. The van der Waals surface area contributed by atoms with Crippen LogP contribution in [0.15, 0.2) is 0 Å². The zero-order valence-electron chi connectivity index (χ0n) is 11.6. The molecule has 0 N–H and O–H groups in total. The topological polar surface area (TPSA) is 9.23 Å². The SMILES string of the molecule is CC(C)(C)C1C(CF)OCC[C@@H]1C(C)(C)C. The molecule has 3 atom stereocenters. The Kier molecular flexibility index (Phi) is 4.04. The standard InChI is InChI=1S/C14H27FO/c1-13(2,3)10-7-8-16-11(9-15)12(10)14(4,5)6/h10-12H,7-9H2,1-6H3/t10-,11?,12?/m0/s1. The molecule has 2 unspecified atom stereocenters. The van der Waals surface area contributed by atoms with E-state index >= 15 is 0 Å². The van der Waals surface area contributed by atoms with E-state index in [0.717, 1.165) is 6.42 Å². The second-order valence-corrected chi connectivity index (χ2v) is 7.22. The minimum Gasteiger partial charge on any atom is -0.375 e. The molecule has 96 valence electrons. The molecule has 1 aliphatic heterocycles. The molecule has 1 saturated heterocycles. The van der Waals surface area contributed by atoms with Gasteiger partial charge in [0.05, 0.1) is 6.10 Å². The van der Waals surface area contributed by atoms with Gasteiger partial charge in [0.25, 0.3) is 0 Å². The number of hydrogen-bond donors (Lipinski definition) is 0. The predicted molar refractivity (Wildman–Crippen MR) is 66.2 cm³/mol. The van der Waals surface area contributed by atoms with Gasteiger partial charge in [0.2, 0.25) is 0 Å². The van der Waals surface area contributed by atoms with Gasteiger partial charge in [-0.3, -0.25) is 0 Å². The summed E-state index contributed by atoms with van der Waals surface area (Å²) in [6.45, 7) is 13.7. The van der Waals surface area contributed by atoms with Crippen LogP contribution < -0.4 is 0 Å². The lowest BCUT2D eigenvalue weighted by Crippen LogP contribution is -2.49. The number of alkyl halides is 1. The monoisotopic (exact) mass is 230 g/mol. The van der Waals surface area contributed by atoms with E-state index in [1.807, 2.05) is 0 Å². The highest BCUT2D eigenvalue weighted by Gasteiger charge is 2.45. The van der Waals surface area contributed by atoms with Crippen molar-refractivity contribution in [1.29, 1.82) is 0 Å². The van der Waals surface area contributed by atoms with Crippen LogP contribution >= 0.6 is 0 Å². The molecule has 0 amide bonds. The second kappa shape index (κ2) is 4.64. The number of ether oxygens (including phenoxy) is 1.